The molecule has 0 unspecified atom stereocenters. The van der Waals surface area contributed by atoms with E-state index in [1.807, 2.05) is 0 Å². The van der Waals surface area contributed by atoms with Crippen LogP contribution in [0.2, 0.25) is 0 Å². The van der Waals surface area contributed by atoms with Crippen molar-refractivity contribution in [1.29, 1.82) is 0 Å². The molecule has 0 amide bonds. The fraction of sp³-hybridized carbons (Fsp3) is 0.857. The molecule has 14 heavy (non-hydrogen) atoms. The van der Waals surface area contributed by atoms with Crippen LogP contribution in [0, 0.1) is 0 Å². The Labute approximate surface area is 84.2 Å². The van der Waals surface area contributed by atoms with Gasteiger partial charge in [0.15, 0.2) is 0 Å². The summed E-state index contributed by atoms with van der Waals surface area (Å²) >= 11 is 0. The van der Waals surface area contributed by atoms with Gasteiger partial charge in [0, 0.05) is 13.1 Å². The van der Waals surface area contributed by atoms with Gasteiger partial charge in [0.05, 0.1) is 13.0 Å². The van der Waals surface area contributed by atoms with Crippen LogP contribution in [-0.4, -0.2) is 34.1 Å². The van der Waals surface area contributed by atoms with E-state index in [1.54, 1.807) is 13.8 Å². The topological polar surface area (TPSA) is 84.5 Å². The lowest BCUT2D eigenvalue weighted by atomic mass is 10.4. The zero-order valence-electron chi connectivity index (χ0n) is 8.37. The van der Waals surface area contributed by atoms with Gasteiger partial charge in [0.25, 0.3) is 10.2 Å². The van der Waals surface area contributed by atoms with Gasteiger partial charge in [0.2, 0.25) is 0 Å². The van der Waals surface area contributed by atoms with E-state index in [4.69, 9.17) is 0 Å². The van der Waals surface area contributed by atoms with Crippen molar-refractivity contribution in [3.8, 4) is 0 Å². The average molecular weight is 224 g/mol. The molecule has 84 valence electrons. The van der Waals surface area contributed by atoms with E-state index >= 15 is 0 Å². The molecule has 6 nitrogen and oxygen atoms in total. The second-order valence-electron chi connectivity index (χ2n) is 2.45. The van der Waals surface area contributed by atoms with Gasteiger partial charge in [0.1, 0.15) is 0 Å². The van der Waals surface area contributed by atoms with Crippen LogP contribution in [0.5, 0.6) is 0 Å². The zero-order chi connectivity index (χ0) is 11.0. The van der Waals surface area contributed by atoms with E-state index in [0.29, 0.717) is 13.2 Å². The molecule has 0 aromatic carbocycles. The van der Waals surface area contributed by atoms with Crippen molar-refractivity contribution in [2.45, 2.75) is 20.3 Å². The van der Waals surface area contributed by atoms with E-state index in [1.165, 1.54) is 0 Å². The molecule has 0 fully saturated rings. The highest BCUT2D eigenvalue weighted by Crippen LogP contribution is 1.85. The standard InChI is InChI=1S/C7H16N2O4S/c1-3-8-14(11,12)9-6-5-7(10)13-4-2/h8-9H,3-6H2,1-2H3. The summed E-state index contributed by atoms with van der Waals surface area (Å²) < 4.78 is 31.1. The molecule has 0 aliphatic rings. The first kappa shape index (κ1) is 13.3. The lowest BCUT2D eigenvalue weighted by Crippen LogP contribution is -2.37. The molecule has 7 heteroatoms. The predicted molar refractivity (Wildman–Crippen MR) is 51.8 cm³/mol. The van der Waals surface area contributed by atoms with Crippen molar-refractivity contribution < 1.29 is 17.9 Å². The van der Waals surface area contributed by atoms with Gasteiger partial charge in [-0.2, -0.15) is 8.42 Å². The Hall–Kier alpha value is -0.660. The van der Waals surface area contributed by atoms with Gasteiger partial charge in [-0.3, -0.25) is 4.79 Å². The Balaban J connectivity index is 3.68. The van der Waals surface area contributed by atoms with E-state index < -0.39 is 16.2 Å². The van der Waals surface area contributed by atoms with Gasteiger partial charge < -0.3 is 4.74 Å². The predicted octanol–water partition coefficient (Wildman–Crippen LogP) is -0.616. The maximum atomic E-state index is 11.0. The zero-order valence-corrected chi connectivity index (χ0v) is 9.19. The molecule has 0 bridgehead atoms. The van der Waals surface area contributed by atoms with Crippen molar-refractivity contribution in [1.82, 2.24) is 9.44 Å². The van der Waals surface area contributed by atoms with Crippen LogP contribution < -0.4 is 9.44 Å². The van der Waals surface area contributed by atoms with Gasteiger partial charge in [-0.05, 0) is 6.92 Å². The van der Waals surface area contributed by atoms with Crippen LogP contribution in [-0.2, 0) is 19.7 Å². The molecule has 0 rings (SSSR count). The van der Waals surface area contributed by atoms with Crippen LogP contribution in [0.1, 0.15) is 20.3 Å². The average Bonchev–Trinajstić information content (AvgIpc) is 2.03. The third-order valence-corrected chi connectivity index (χ3v) is 2.51. The van der Waals surface area contributed by atoms with Crippen LogP contribution in [0.4, 0.5) is 0 Å². The van der Waals surface area contributed by atoms with Crippen molar-refractivity contribution in [3.05, 3.63) is 0 Å². The van der Waals surface area contributed by atoms with E-state index in [-0.39, 0.29) is 13.0 Å². The number of carbonyl (C=O) groups is 1. The minimum absolute atomic E-state index is 0.0401. The largest absolute Gasteiger partial charge is 0.466 e. The molecule has 0 saturated carbocycles. The first-order valence-electron chi connectivity index (χ1n) is 4.41. The number of hydrogen-bond acceptors (Lipinski definition) is 4. The number of ether oxygens (including phenoxy) is 1. The quantitative estimate of drug-likeness (QED) is 0.565. The fourth-order valence-electron chi connectivity index (χ4n) is 0.762. The summed E-state index contributed by atoms with van der Waals surface area (Å²) in [6, 6.07) is 0. The van der Waals surface area contributed by atoms with Gasteiger partial charge in [-0.1, -0.05) is 6.92 Å². The first-order chi connectivity index (χ1) is 6.52. The highest BCUT2D eigenvalue weighted by Gasteiger charge is 2.08. The molecule has 0 aromatic heterocycles. The summed E-state index contributed by atoms with van der Waals surface area (Å²) in [5.41, 5.74) is 0. The number of nitrogens with one attached hydrogen (secondary N) is 2. The Kier molecular flexibility index (Phi) is 6.43. The molecular weight excluding hydrogens is 208 g/mol. The molecule has 0 heterocycles. The molecule has 0 spiro atoms. The highest BCUT2D eigenvalue weighted by molar-refractivity contribution is 7.87. The molecule has 2 N–H and O–H groups in total. The highest BCUT2D eigenvalue weighted by atomic mass is 32.2. The second kappa shape index (κ2) is 6.74. The van der Waals surface area contributed by atoms with Crippen LogP contribution in [0.3, 0.4) is 0 Å². The summed E-state index contributed by atoms with van der Waals surface area (Å²) in [7, 11) is -3.45. The Morgan fingerprint density at radius 2 is 1.93 bits per heavy atom. The molecular formula is C7H16N2O4S. The van der Waals surface area contributed by atoms with Crippen LogP contribution >= 0.6 is 0 Å². The maximum Gasteiger partial charge on any atom is 0.307 e. The molecule has 0 aromatic rings. The van der Waals surface area contributed by atoms with E-state index in [9.17, 15) is 13.2 Å². The number of carbonyl (C=O) groups excluding carboxylic acids is 1. The summed E-state index contributed by atoms with van der Waals surface area (Å²) in [4.78, 5) is 10.8. The Bertz CT molecular complexity index is 263. The SMILES string of the molecule is CCNS(=O)(=O)NCCC(=O)OCC. The second-order valence-corrected chi connectivity index (χ2v) is 4.03. The monoisotopic (exact) mass is 224 g/mol. The van der Waals surface area contributed by atoms with Crippen LogP contribution in [0.25, 0.3) is 0 Å². The lowest BCUT2D eigenvalue weighted by molar-refractivity contribution is -0.142. The summed E-state index contributed by atoms with van der Waals surface area (Å²) in [6.07, 6.45) is 0.0401. The van der Waals surface area contributed by atoms with Gasteiger partial charge in [-0.25, -0.2) is 9.44 Å². The summed E-state index contributed by atoms with van der Waals surface area (Å²) in [5.74, 6) is -0.410. The Morgan fingerprint density at radius 1 is 1.29 bits per heavy atom. The summed E-state index contributed by atoms with van der Waals surface area (Å²) in [5, 5.41) is 0. The third kappa shape index (κ3) is 6.81. The third-order valence-electron chi connectivity index (χ3n) is 1.26. The molecule has 0 radical (unpaired) electrons. The maximum absolute atomic E-state index is 11.0. The van der Waals surface area contributed by atoms with Gasteiger partial charge >= 0.3 is 5.97 Å². The minimum Gasteiger partial charge on any atom is -0.466 e. The van der Waals surface area contributed by atoms with Crippen molar-refractivity contribution in [3.63, 3.8) is 0 Å². The Morgan fingerprint density at radius 3 is 2.43 bits per heavy atom. The molecule has 0 aliphatic carbocycles. The fourth-order valence-corrected chi connectivity index (χ4v) is 1.61. The van der Waals surface area contributed by atoms with E-state index in [2.05, 4.69) is 14.2 Å². The lowest BCUT2D eigenvalue weighted by Gasteiger charge is -2.05. The van der Waals surface area contributed by atoms with Crippen LogP contribution in [0.15, 0.2) is 0 Å². The normalized spacial score (nSPS) is 11.3. The number of rotatable bonds is 7. The number of esters is 1. The molecule has 0 aliphatic heterocycles. The van der Waals surface area contributed by atoms with E-state index in [0.717, 1.165) is 0 Å². The van der Waals surface area contributed by atoms with Gasteiger partial charge in [-0.15, -0.1) is 0 Å². The van der Waals surface area contributed by atoms with Crippen molar-refractivity contribution in [2.24, 2.45) is 0 Å². The van der Waals surface area contributed by atoms with Crippen molar-refractivity contribution >= 4 is 16.2 Å². The molecule has 0 saturated heterocycles. The summed E-state index contributed by atoms with van der Waals surface area (Å²) in [6.45, 7) is 4.03. The number of hydrogen-bond donors (Lipinski definition) is 2. The molecule has 0 atom stereocenters. The van der Waals surface area contributed by atoms with Crippen molar-refractivity contribution in [2.75, 3.05) is 19.7 Å². The minimum atomic E-state index is -3.45. The smallest absolute Gasteiger partial charge is 0.307 e. The first-order valence-corrected chi connectivity index (χ1v) is 5.90.